The molecule has 6 nitrogen and oxygen atoms in total. The van der Waals surface area contributed by atoms with Crippen LogP contribution >= 0.6 is 11.5 Å². The van der Waals surface area contributed by atoms with Crippen LogP contribution in [0, 0.1) is 6.92 Å². The Morgan fingerprint density at radius 3 is 2.54 bits per heavy atom. The first kappa shape index (κ1) is 18.7. The molecule has 0 amide bonds. The van der Waals surface area contributed by atoms with Gasteiger partial charge in [-0.15, -0.1) is 5.10 Å². The third kappa shape index (κ3) is 2.97. The number of benzene rings is 2. The first-order valence-electron chi connectivity index (χ1n) is 8.35. The number of nitrogens with zero attached hydrogens (tertiary/aromatic N) is 3. The minimum Gasteiger partial charge on any atom is -0.394 e. The highest BCUT2D eigenvalue weighted by Crippen LogP contribution is 2.41. The van der Waals surface area contributed by atoms with E-state index < -0.39 is 5.91 Å². The van der Waals surface area contributed by atoms with E-state index in [2.05, 4.69) is 33.9 Å². The van der Waals surface area contributed by atoms with E-state index in [1.807, 2.05) is 30.9 Å². The molecule has 0 radical (unpaired) electrons. The SMILES string of the molecule is COC(OC)(c1csnn1)N(c1c(C)ccc2ccccc12)C(C)CO. The fraction of sp³-hybridized carbons (Fsp3) is 0.368. The van der Waals surface area contributed by atoms with E-state index in [0.717, 1.165) is 22.0 Å². The molecule has 1 unspecified atom stereocenters. The molecule has 0 bridgehead atoms. The number of methoxy groups -OCH3 is 2. The standard InChI is InChI=1S/C19H23N3O3S/c1-13-9-10-15-7-5-6-8-16(15)18(13)22(14(2)11-23)19(24-3,25-4)17-12-26-21-20-17/h5-10,12,14,23H,11H2,1-4H3. The number of aromatic nitrogens is 2. The summed E-state index contributed by atoms with van der Waals surface area (Å²) in [6.45, 7) is 3.89. The molecule has 1 N–H and O–H groups in total. The molecule has 3 aromatic rings. The van der Waals surface area contributed by atoms with E-state index in [-0.39, 0.29) is 12.6 Å². The maximum atomic E-state index is 10.00. The molecule has 0 aliphatic heterocycles. The molecular formula is C19H23N3O3S. The number of aryl methyl sites for hydroxylation is 1. The number of aliphatic hydroxyl groups is 1. The quantitative estimate of drug-likeness (QED) is 0.641. The molecule has 0 aliphatic carbocycles. The van der Waals surface area contributed by atoms with Crippen LogP contribution in [0.1, 0.15) is 18.2 Å². The van der Waals surface area contributed by atoms with E-state index in [4.69, 9.17) is 9.47 Å². The number of fused-ring (bicyclic) bond motifs is 1. The van der Waals surface area contributed by atoms with Gasteiger partial charge in [-0.2, -0.15) is 0 Å². The topological polar surface area (TPSA) is 67.7 Å². The summed E-state index contributed by atoms with van der Waals surface area (Å²) in [6, 6.07) is 12.0. The monoisotopic (exact) mass is 373 g/mol. The summed E-state index contributed by atoms with van der Waals surface area (Å²) >= 11 is 1.23. The van der Waals surface area contributed by atoms with Crippen molar-refractivity contribution in [3.63, 3.8) is 0 Å². The first-order valence-corrected chi connectivity index (χ1v) is 9.19. The van der Waals surface area contributed by atoms with Crippen LogP contribution in [-0.4, -0.2) is 41.6 Å². The lowest BCUT2D eigenvalue weighted by Crippen LogP contribution is -2.55. The summed E-state index contributed by atoms with van der Waals surface area (Å²) < 4.78 is 15.7. The van der Waals surface area contributed by atoms with Crippen LogP contribution in [0.5, 0.6) is 0 Å². The Labute approximate surface area is 157 Å². The summed E-state index contributed by atoms with van der Waals surface area (Å²) in [5.74, 6) is -1.30. The van der Waals surface area contributed by atoms with E-state index in [9.17, 15) is 5.11 Å². The van der Waals surface area contributed by atoms with Crippen molar-refractivity contribution in [2.75, 3.05) is 25.7 Å². The minimum atomic E-state index is -1.30. The summed E-state index contributed by atoms with van der Waals surface area (Å²) in [4.78, 5) is 1.95. The minimum absolute atomic E-state index is 0.0747. The zero-order valence-electron chi connectivity index (χ0n) is 15.3. The second-order valence-electron chi connectivity index (χ2n) is 6.13. The summed E-state index contributed by atoms with van der Waals surface area (Å²) in [7, 11) is 3.14. The van der Waals surface area contributed by atoms with Gasteiger partial charge in [0.2, 0.25) is 0 Å². The second kappa shape index (κ2) is 7.67. The van der Waals surface area contributed by atoms with Gasteiger partial charge in [-0.3, -0.25) is 0 Å². The lowest BCUT2D eigenvalue weighted by atomic mass is 10.0. The molecule has 7 heteroatoms. The number of rotatable bonds is 7. The normalized spacial score (nSPS) is 13.1. The molecule has 0 spiro atoms. The fourth-order valence-electron chi connectivity index (χ4n) is 3.34. The van der Waals surface area contributed by atoms with E-state index in [1.165, 1.54) is 11.5 Å². The molecule has 1 atom stereocenters. The Kier molecular flexibility index (Phi) is 5.52. The highest BCUT2D eigenvalue weighted by atomic mass is 32.1. The molecule has 0 aliphatic rings. The van der Waals surface area contributed by atoms with Gasteiger partial charge in [0.05, 0.1) is 18.3 Å². The number of hydrogen-bond donors (Lipinski definition) is 1. The molecule has 0 fully saturated rings. The van der Waals surface area contributed by atoms with Gasteiger partial charge in [-0.05, 0) is 36.3 Å². The molecule has 1 aromatic heterocycles. The van der Waals surface area contributed by atoms with Gasteiger partial charge in [0.15, 0.2) is 5.69 Å². The van der Waals surface area contributed by atoms with Crippen molar-refractivity contribution in [2.45, 2.75) is 25.8 Å². The Hall–Kier alpha value is -2.06. The largest absolute Gasteiger partial charge is 0.394 e. The van der Waals surface area contributed by atoms with Crippen molar-refractivity contribution in [3.05, 3.63) is 53.0 Å². The molecule has 2 aromatic carbocycles. The Morgan fingerprint density at radius 2 is 1.92 bits per heavy atom. The van der Waals surface area contributed by atoms with Crippen LogP contribution in [0.25, 0.3) is 10.8 Å². The van der Waals surface area contributed by atoms with Gasteiger partial charge in [0.25, 0.3) is 0 Å². The smallest absolute Gasteiger partial charge is 0.300 e. The van der Waals surface area contributed by atoms with Crippen molar-refractivity contribution in [1.29, 1.82) is 0 Å². The highest BCUT2D eigenvalue weighted by Gasteiger charge is 2.45. The van der Waals surface area contributed by atoms with Crippen molar-refractivity contribution >= 4 is 28.0 Å². The van der Waals surface area contributed by atoms with Gasteiger partial charge in [-0.1, -0.05) is 40.9 Å². The van der Waals surface area contributed by atoms with Gasteiger partial charge >= 0.3 is 5.91 Å². The van der Waals surface area contributed by atoms with Crippen LogP contribution in [0.15, 0.2) is 41.8 Å². The summed E-state index contributed by atoms with van der Waals surface area (Å²) in [5.41, 5.74) is 2.52. The summed E-state index contributed by atoms with van der Waals surface area (Å²) in [5, 5.41) is 18.1. The van der Waals surface area contributed by atoms with Gasteiger partial charge < -0.3 is 19.5 Å². The molecule has 1 heterocycles. The zero-order chi connectivity index (χ0) is 18.7. The first-order chi connectivity index (χ1) is 12.6. The molecule has 0 saturated heterocycles. The predicted molar refractivity (Wildman–Crippen MR) is 103 cm³/mol. The van der Waals surface area contributed by atoms with Gasteiger partial charge in [-0.25, -0.2) is 0 Å². The van der Waals surface area contributed by atoms with E-state index in [0.29, 0.717) is 5.69 Å². The number of aliphatic hydroxyl groups excluding tert-OH is 1. The maximum absolute atomic E-state index is 10.00. The van der Waals surface area contributed by atoms with Gasteiger partial charge in [0, 0.05) is 25.0 Å². The average molecular weight is 373 g/mol. The highest BCUT2D eigenvalue weighted by molar-refractivity contribution is 7.03. The van der Waals surface area contributed by atoms with Crippen LogP contribution in [-0.2, 0) is 15.4 Å². The van der Waals surface area contributed by atoms with E-state index in [1.54, 1.807) is 19.6 Å². The Bertz CT molecular complexity index is 866. The van der Waals surface area contributed by atoms with Crippen molar-refractivity contribution in [2.24, 2.45) is 0 Å². The summed E-state index contributed by atoms with van der Waals surface area (Å²) in [6.07, 6.45) is 0. The van der Waals surface area contributed by atoms with Crippen molar-refractivity contribution in [1.82, 2.24) is 9.59 Å². The van der Waals surface area contributed by atoms with Crippen molar-refractivity contribution < 1.29 is 14.6 Å². The van der Waals surface area contributed by atoms with Gasteiger partial charge in [0.1, 0.15) is 0 Å². The van der Waals surface area contributed by atoms with Crippen molar-refractivity contribution in [3.8, 4) is 0 Å². The van der Waals surface area contributed by atoms with Crippen LogP contribution in [0.4, 0.5) is 5.69 Å². The predicted octanol–water partition coefficient (Wildman–Crippen LogP) is 3.29. The third-order valence-electron chi connectivity index (χ3n) is 4.60. The second-order valence-corrected chi connectivity index (χ2v) is 6.74. The molecule has 0 saturated carbocycles. The van der Waals surface area contributed by atoms with Crippen LogP contribution in [0.2, 0.25) is 0 Å². The molecule has 26 heavy (non-hydrogen) atoms. The van der Waals surface area contributed by atoms with Crippen LogP contribution in [0.3, 0.4) is 0 Å². The third-order valence-corrected chi connectivity index (χ3v) is 5.11. The fourth-order valence-corrected chi connectivity index (χ4v) is 3.82. The Morgan fingerprint density at radius 1 is 1.19 bits per heavy atom. The zero-order valence-corrected chi connectivity index (χ0v) is 16.2. The molecule has 3 rings (SSSR count). The maximum Gasteiger partial charge on any atom is 0.300 e. The number of anilines is 1. The molecule has 138 valence electrons. The number of hydrogen-bond acceptors (Lipinski definition) is 7. The average Bonchev–Trinajstić information content (AvgIpc) is 3.22. The Balaban J connectivity index is 2.33. The van der Waals surface area contributed by atoms with E-state index >= 15 is 0 Å². The number of ether oxygens (including phenoxy) is 2. The van der Waals surface area contributed by atoms with Crippen LogP contribution < -0.4 is 4.90 Å². The lowest BCUT2D eigenvalue weighted by Gasteiger charge is -2.45. The lowest BCUT2D eigenvalue weighted by molar-refractivity contribution is -0.222. The molecular weight excluding hydrogens is 350 g/mol.